The highest BCUT2D eigenvalue weighted by atomic mass is 16.8. The van der Waals surface area contributed by atoms with E-state index in [0.717, 1.165) is 42.7 Å². The van der Waals surface area contributed by atoms with Crippen LogP contribution in [0.3, 0.4) is 0 Å². The predicted octanol–water partition coefficient (Wildman–Crippen LogP) is 10.00. The molecule has 1 aliphatic carbocycles. The van der Waals surface area contributed by atoms with Crippen molar-refractivity contribution in [3.63, 3.8) is 0 Å². The third kappa shape index (κ3) is 13.1. The van der Waals surface area contributed by atoms with E-state index in [1.165, 1.54) is 56.6 Å². The highest BCUT2D eigenvalue weighted by molar-refractivity contribution is 5.91. The lowest BCUT2D eigenvalue weighted by molar-refractivity contribution is -0.163. The molecule has 0 amide bonds. The lowest BCUT2D eigenvalue weighted by Gasteiger charge is -2.29. The van der Waals surface area contributed by atoms with Crippen LogP contribution in [0.4, 0.5) is 0 Å². The lowest BCUT2D eigenvalue weighted by Crippen LogP contribution is -2.39. The van der Waals surface area contributed by atoms with Crippen LogP contribution in [0.25, 0.3) is 11.1 Å². The molecule has 306 valence electrons. The van der Waals surface area contributed by atoms with Gasteiger partial charge in [-0.15, -0.1) is 0 Å². The second-order valence-electron chi connectivity index (χ2n) is 14.9. The van der Waals surface area contributed by atoms with Crippen molar-refractivity contribution in [2.45, 2.75) is 122 Å². The summed E-state index contributed by atoms with van der Waals surface area (Å²) in [4.78, 5) is 49.8. The summed E-state index contributed by atoms with van der Waals surface area (Å²) in [7, 11) is 0. The minimum absolute atomic E-state index is 0.221. The van der Waals surface area contributed by atoms with Crippen molar-refractivity contribution in [2.75, 3.05) is 19.8 Å². The van der Waals surface area contributed by atoms with Gasteiger partial charge in [-0.3, -0.25) is 0 Å². The van der Waals surface area contributed by atoms with Gasteiger partial charge in [-0.05, 0) is 97.7 Å². The molecular weight excluding hydrogens is 725 g/mol. The molecule has 3 aromatic rings. The summed E-state index contributed by atoms with van der Waals surface area (Å²) in [5.74, 6) is -0.474. The molecule has 1 saturated heterocycles. The first kappa shape index (κ1) is 43.3. The predicted molar refractivity (Wildman–Crippen MR) is 216 cm³/mol. The Kier molecular flexibility index (Phi) is 17.3. The molecule has 2 fully saturated rings. The molecule has 10 nitrogen and oxygen atoms in total. The molecular formula is C47H58O10. The Morgan fingerprint density at radius 1 is 0.632 bits per heavy atom. The average molecular weight is 783 g/mol. The maximum Gasteiger partial charge on any atom is 0.343 e. The van der Waals surface area contributed by atoms with Crippen molar-refractivity contribution in [1.29, 1.82) is 0 Å². The van der Waals surface area contributed by atoms with E-state index < -0.39 is 36.4 Å². The van der Waals surface area contributed by atoms with E-state index in [9.17, 15) is 19.2 Å². The van der Waals surface area contributed by atoms with Crippen LogP contribution >= 0.6 is 0 Å². The van der Waals surface area contributed by atoms with Crippen molar-refractivity contribution in [1.82, 2.24) is 0 Å². The van der Waals surface area contributed by atoms with Crippen molar-refractivity contribution in [3.8, 4) is 16.9 Å². The molecule has 0 unspecified atom stereocenters. The number of carbonyl (C=O) groups excluding carboxylic acids is 4. The Morgan fingerprint density at radius 2 is 1.16 bits per heavy atom. The van der Waals surface area contributed by atoms with Gasteiger partial charge in [0.2, 0.25) is 0 Å². The number of unbranched alkanes of at least 4 members (excludes halogenated alkanes) is 5. The molecule has 2 aliphatic rings. The first-order valence-corrected chi connectivity index (χ1v) is 20.8. The minimum atomic E-state index is -1.26. The number of hydrogen-bond donors (Lipinski definition) is 0. The van der Waals surface area contributed by atoms with Crippen LogP contribution < -0.4 is 4.74 Å². The molecule has 57 heavy (non-hydrogen) atoms. The molecule has 2 atom stereocenters. The number of benzene rings is 3. The molecule has 10 heteroatoms. The van der Waals surface area contributed by atoms with E-state index >= 15 is 0 Å². The fourth-order valence-corrected chi connectivity index (χ4v) is 7.27. The maximum atomic E-state index is 13.0. The molecule has 0 N–H and O–H groups in total. The molecule has 0 radical (unpaired) electrons. The lowest BCUT2D eigenvalue weighted by atomic mass is 9.77. The zero-order valence-electron chi connectivity index (χ0n) is 33.5. The molecule has 0 aromatic heterocycles. The second kappa shape index (κ2) is 22.8. The molecule has 5 rings (SSSR count). The quantitative estimate of drug-likeness (QED) is 0.0339. The molecule has 1 aliphatic heterocycles. The van der Waals surface area contributed by atoms with Gasteiger partial charge in [0.15, 0.2) is 18.5 Å². The fraction of sp³-hybridized carbons (Fsp3) is 0.489. The van der Waals surface area contributed by atoms with Gasteiger partial charge in [-0.1, -0.05) is 107 Å². The van der Waals surface area contributed by atoms with Crippen LogP contribution in [-0.4, -0.2) is 55.9 Å². The fourth-order valence-electron chi connectivity index (χ4n) is 7.27. The van der Waals surface area contributed by atoms with Crippen molar-refractivity contribution < 1.29 is 47.6 Å². The molecule has 3 aromatic carbocycles. The van der Waals surface area contributed by atoms with E-state index in [2.05, 4.69) is 30.8 Å². The summed E-state index contributed by atoms with van der Waals surface area (Å²) >= 11 is 0. The summed E-state index contributed by atoms with van der Waals surface area (Å²) in [6.45, 7) is 8.31. The van der Waals surface area contributed by atoms with Gasteiger partial charge >= 0.3 is 23.9 Å². The van der Waals surface area contributed by atoms with Crippen LogP contribution in [-0.2, 0) is 38.1 Å². The van der Waals surface area contributed by atoms with Gasteiger partial charge in [0.25, 0.3) is 0 Å². The van der Waals surface area contributed by atoms with E-state index in [0.29, 0.717) is 42.2 Å². The van der Waals surface area contributed by atoms with Gasteiger partial charge < -0.3 is 28.4 Å². The summed E-state index contributed by atoms with van der Waals surface area (Å²) in [5.41, 5.74) is 4.45. The summed E-state index contributed by atoms with van der Waals surface area (Å²) in [6.07, 6.45) is 11.4. The Hall–Kier alpha value is -4.80. The van der Waals surface area contributed by atoms with Gasteiger partial charge in [-0.25, -0.2) is 19.2 Å². The molecule has 0 spiro atoms. The Morgan fingerprint density at radius 3 is 1.72 bits per heavy atom. The second-order valence-corrected chi connectivity index (χ2v) is 14.9. The zero-order chi connectivity index (χ0) is 40.4. The van der Waals surface area contributed by atoms with Gasteiger partial charge in [-0.2, -0.15) is 0 Å². The molecule has 1 heterocycles. The largest absolute Gasteiger partial charge is 0.464 e. The van der Waals surface area contributed by atoms with Crippen LogP contribution in [0.15, 0.2) is 85.5 Å². The van der Waals surface area contributed by atoms with Crippen LogP contribution in [0.1, 0.15) is 131 Å². The van der Waals surface area contributed by atoms with E-state index in [1.807, 2.05) is 26.0 Å². The standard InChI is InChI=1S/C47H58O10/c1-4-7-30-53-45(50)42-43(46(51)54-31-8-5-2)57-47(56-42)39-26-28-40(29-27-39)55-44(49)38-24-22-37(23-25-38)36-20-18-35(19-21-36)34-16-14-33(15-17-34)13-11-9-10-12-32-52-41(48)6-3/h6,18-29,33-34,42-43,47H,3-5,7-17,30-32H2,1-2H3/t33?,34?,42-,43-/m1/s1. The summed E-state index contributed by atoms with van der Waals surface area (Å²) < 4.78 is 33.1. The molecule has 0 bridgehead atoms. The van der Waals surface area contributed by atoms with Gasteiger partial charge in [0, 0.05) is 11.6 Å². The van der Waals surface area contributed by atoms with Crippen LogP contribution in [0.5, 0.6) is 5.75 Å². The summed E-state index contributed by atoms with van der Waals surface area (Å²) in [5, 5.41) is 0. The number of carbonyl (C=O) groups is 4. The van der Waals surface area contributed by atoms with E-state index in [1.54, 1.807) is 36.4 Å². The normalized spacial score (nSPS) is 19.4. The number of rotatable bonds is 21. The van der Waals surface area contributed by atoms with Crippen molar-refractivity contribution in [3.05, 3.63) is 102 Å². The van der Waals surface area contributed by atoms with Crippen molar-refractivity contribution in [2.24, 2.45) is 5.92 Å². The summed E-state index contributed by atoms with van der Waals surface area (Å²) in [6, 6.07) is 22.7. The monoisotopic (exact) mass is 782 g/mol. The number of ether oxygens (including phenoxy) is 6. The van der Waals surface area contributed by atoms with Crippen LogP contribution in [0, 0.1) is 5.92 Å². The third-order valence-corrected chi connectivity index (χ3v) is 10.7. The Balaban J connectivity index is 1.07. The van der Waals surface area contributed by atoms with E-state index in [4.69, 9.17) is 28.4 Å². The zero-order valence-corrected chi connectivity index (χ0v) is 33.5. The van der Waals surface area contributed by atoms with Gasteiger partial charge in [0.1, 0.15) is 5.75 Å². The Bertz CT molecular complexity index is 1700. The number of hydrogen-bond acceptors (Lipinski definition) is 10. The highest BCUT2D eigenvalue weighted by Gasteiger charge is 2.47. The highest BCUT2D eigenvalue weighted by Crippen LogP contribution is 2.39. The maximum absolute atomic E-state index is 13.0. The molecule has 1 saturated carbocycles. The smallest absolute Gasteiger partial charge is 0.343 e. The first-order valence-electron chi connectivity index (χ1n) is 20.8. The van der Waals surface area contributed by atoms with E-state index in [-0.39, 0.29) is 19.2 Å². The van der Waals surface area contributed by atoms with Gasteiger partial charge in [0.05, 0.1) is 25.4 Å². The number of esters is 4. The minimum Gasteiger partial charge on any atom is -0.464 e. The topological polar surface area (TPSA) is 124 Å². The van der Waals surface area contributed by atoms with Crippen molar-refractivity contribution >= 4 is 23.9 Å². The Labute approximate surface area is 337 Å². The first-order chi connectivity index (χ1) is 27.8. The average Bonchev–Trinajstić information content (AvgIpc) is 3.70. The third-order valence-electron chi connectivity index (χ3n) is 10.7. The SMILES string of the molecule is C=CC(=O)OCCCCCCC1CCC(c2ccc(-c3ccc(C(=O)Oc4ccc(C5O[C@@H](C(=O)OCCCC)[C@H](C(=O)OCCCC)O5)cc4)cc3)cc2)CC1. The van der Waals surface area contributed by atoms with Crippen LogP contribution in [0.2, 0.25) is 0 Å².